The Hall–Kier alpha value is -1.61. The third-order valence-corrected chi connectivity index (χ3v) is 2.66. The lowest BCUT2D eigenvalue weighted by molar-refractivity contribution is 0.600. The maximum absolute atomic E-state index is 13.5. The molecule has 0 saturated heterocycles. The van der Waals surface area contributed by atoms with Gasteiger partial charge in [-0.2, -0.15) is 0 Å². The fourth-order valence-electron chi connectivity index (χ4n) is 1.61. The Balaban J connectivity index is 2.17. The van der Waals surface area contributed by atoms with Crippen molar-refractivity contribution < 1.29 is 4.39 Å². The summed E-state index contributed by atoms with van der Waals surface area (Å²) in [6.07, 6.45) is 0. The molecule has 88 valence electrons. The second kappa shape index (κ2) is 5.15. The van der Waals surface area contributed by atoms with Gasteiger partial charge in [0.2, 0.25) is 0 Å². The van der Waals surface area contributed by atoms with E-state index in [1.54, 1.807) is 30.3 Å². The van der Waals surface area contributed by atoms with Crippen molar-refractivity contribution in [3.63, 3.8) is 0 Å². The summed E-state index contributed by atoms with van der Waals surface area (Å²) < 4.78 is 13.5. The van der Waals surface area contributed by atoms with Gasteiger partial charge in [0, 0.05) is 5.56 Å². The number of aromatic nitrogens is 1. The van der Waals surface area contributed by atoms with Gasteiger partial charge in [0.15, 0.2) is 0 Å². The first-order valence-corrected chi connectivity index (χ1v) is 5.68. The van der Waals surface area contributed by atoms with E-state index in [1.165, 1.54) is 6.07 Å². The molecule has 0 amide bonds. The van der Waals surface area contributed by atoms with Crippen molar-refractivity contribution in [2.24, 2.45) is 0 Å². The van der Waals surface area contributed by atoms with E-state index in [-0.39, 0.29) is 11.9 Å². The Labute approximate surface area is 104 Å². The largest absolute Gasteiger partial charge is 0.363 e. The lowest BCUT2D eigenvalue weighted by atomic mass is 10.1. The van der Waals surface area contributed by atoms with Crippen LogP contribution >= 0.6 is 11.6 Å². The molecule has 0 fully saturated rings. The number of benzene rings is 1. The quantitative estimate of drug-likeness (QED) is 0.832. The molecule has 0 aliphatic rings. The van der Waals surface area contributed by atoms with Gasteiger partial charge < -0.3 is 5.32 Å². The van der Waals surface area contributed by atoms with Crippen LogP contribution in [0.4, 0.5) is 10.2 Å². The summed E-state index contributed by atoms with van der Waals surface area (Å²) in [5.74, 6) is 0.405. The molecule has 2 nitrogen and oxygen atoms in total. The Morgan fingerprint density at radius 1 is 1.18 bits per heavy atom. The van der Waals surface area contributed by atoms with Crippen molar-refractivity contribution in [1.29, 1.82) is 0 Å². The highest BCUT2D eigenvalue weighted by atomic mass is 35.5. The highest BCUT2D eigenvalue weighted by molar-refractivity contribution is 6.29. The minimum absolute atomic E-state index is 0.165. The molecule has 1 unspecified atom stereocenters. The summed E-state index contributed by atoms with van der Waals surface area (Å²) in [6.45, 7) is 1.88. The highest BCUT2D eigenvalue weighted by Gasteiger charge is 2.10. The number of nitrogens with one attached hydrogen (secondary N) is 1. The van der Waals surface area contributed by atoms with Crippen LogP contribution < -0.4 is 5.32 Å². The molecule has 0 aliphatic carbocycles. The second-order valence-electron chi connectivity index (χ2n) is 3.73. The van der Waals surface area contributed by atoms with Crippen molar-refractivity contribution in [2.45, 2.75) is 13.0 Å². The predicted octanol–water partition coefficient (Wildman–Crippen LogP) is 4.05. The second-order valence-corrected chi connectivity index (χ2v) is 4.12. The Kier molecular flexibility index (Phi) is 3.59. The number of nitrogens with zero attached hydrogens (tertiary/aromatic N) is 1. The van der Waals surface area contributed by atoms with E-state index in [4.69, 9.17) is 11.6 Å². The Bertz CT molecular complexity index is 516. The molecule has 4 heteroatoms. The average molecular weight is 251 g/mol. The standard InChI is InChI=1S/C13H12ClFN2/c1-9(10-5-2-3-6-11(10)15)16-13-8-4-7-12(14)17-13/h2-9H,1H3,(H,16,17). The van der Waals surface area contributed by atoms with E-state index in [2.05, 4.69) is 10.3 Å². The Morgan fingerprint density at radius 3 is 2.65 bits per heavy atom. The molecular weight excluding hydrogens is 239 g/mol. The van der Waals surface area contributed by atoms with Gasteiger partial charge in [-0.25, -0.2) is 9.37 Å². The van der Waals surface area contributed by atoms with Crippen LogP contribution in [0.25, 0.3) is 0 Å². The molecule has 0 radical (unpaired) electrons. The Morgan fingerprint density at radius 2 is 1.94 bits per heavy atom. The summed E-state index contributed by atoms with van der Waals surface area (Å²) in [5, 5.41) is 3.52. The van der Waals surface area contributed by atoms with Crippen molar-refractivity contribution in [1.82, 2.24) is 4.98 Å². The van der Waals surface area contributed by atoms with Gasteiger partial charge in [-0.3, -0.25) is 0 Å². The molecule has 17 heavy (non-hydrogen) atoms. The van der Waals surface area contributed by atoms with Crippen LogP contribution in [-0.4, -0.2) is 4.98 Å². The van der Waals surface area contributed by atoms with E-state index in [0.717, 1.165) is 0 Å². The lowest BCUT2D eigenvalue weighted by Gasteiger charge is -2.15. The van der Waals surface area contributed by atoms with Crippen LogP contribution in [0.3, 0.4) is 0 Å². The molecule has 1 aromatic heterocycles. The van der Waals surface area contributed by atoms with Gasteiger partial charge in [0.25, 0.3) is 0 Å². The van der Waals surface area contributed by atoms with E-state index >= 15 is 0 Å². The summed E-state index contributed by atoms with van der Waals surface area (Å²) in [5.41, 5.74) is 0.606. The lowest BCUT2D eigenvalue weighted by Crippen LogP contribution is -2.09. The topological polar surface area (TPSA) is 24.9 Å². The zero-order valence-corrected chi connectivity index (χ0v) is 10.1. The molecule has 0 bridgehead atoms. The number of halogens is 2. The number of rotatable bonds is 3. The molecule has 1 atom stereocenters. The summed E-state index contributed by atoms with van der Waals surface area (Å²) >= 11 is 5.78. The number of anilines is 1. The molecule has 0 spiro atoms. The smallest absolute Gasteiger partial charge is 0.131 e. The molecule has 1 heterocycles. The normalized spacial score (nSPS) is 12.2. The molecule has 1 aromatic carbocycles. The van der Waals surface area contributed by atoms with Gasteiger partial charge >= 0.3 is 0 Å². The van der Waals surface area contributed by atoms with Crippen LogP contribution in [0.15, 0.2) is 42.5 Å². The predicted molar refractivity (Wildman–Crippen MR) is 67.7 cm³/mol. The van der Waals surface area contributed by atoms with Gasteiger partial charge in [-0.05, 0) is 25.1 Å². The summed E-state index contributed by atoms with van der Waals surface area (Å²) in [4.78, 5) is 4.10. The van der Waals surface area contributed by atoms with E-state index in [0.29, 0.717) is 16.5 Å². The van der Waals surface area contributed by atoms with E-state index < -0.39 is 0 Å². The van der Waals surface area contributed by atoms with Crippen LogP contribution in [0.5, 0.6) is 0 Å². The molecule has 0 aliphatic heterocycles. The van der Waals surface area contributed by atoms with Crippen molar-refractivity contribution in [3.05, 3.63) is 59.0 Å². The monoisotopic (exact) mass is 250 g/mol. The summed E-state index contributed by atoms with van der Waals surface area (Å²) in [7, 11) is 0. The van der Waals surface area contributed by atoms with Crippen LogP contribution in [0.1, 0.15) is 18.5 Å². The van der Waals surface area contributed by atoms with Crippen LogP contribution in [0, 0.1) is 5.82 Å². The minimum atomic E-state index is -0.227. The first-order valence-electron chi connectivity index (χ1n) is 5.30. The average Bonchev–Trinajstić information content (AvgIpc) is 2.29. The van der Waals surface area contributed by atoms with Gasteiger partial charge in [-0.1, -0.05) is 35.9 Å². The first kappa shape index (κ1) is 11.9. The maximum atomic E-state index is 13.5. The molecule has 2 aromatic rings. The molecule has 1 N–H and O–H groups in total. The van der Waals surface area contributed by atoms with E-state index in [1.807, 2.05) is 13.0 Å². The van der Waals surface area contributed by atoms with Crippen LogP contribution in [-0.2, 0) is 0 Å². The first-order chi connectivity index (χ1) is 8.16. The van der Waals surface area contributed by atoms with Crippen LogP contribution in [0.2, 0.25) is 5.15 Å². The van der Waals surface area contributed by atoms with Crippen molar-refractivity contribution >= 4 is 17.4 Å². The number of hydrogen-bond acceptors (Lipinski definition) is 2. The molecule has 2 rings (SSSR count). The number of pyridine rings is 1. The fraction of sp³-hybridized carbons (Fsp3) is 0.154. The zero-order valence-electron chi connectivity index (χ0n) is 9.32. The third kappa shape index (κ3) is 2.94. The fourth-order valence-corrected chi connectivity index (χ4v) is 1.78. The zero-order chi connectivity index (χ0) is 12.3. The maximum Gasteiger partial charge on any atom is 0.131 e. The molecular formula is C13H12ClFN2. The van der Waals surface area contributed by atoms with Crippen molar-refractivity contribution in [2.75, 3.05) is 5.32 Å². The van der Waals surface area contributed by atoms with Gasteiger partial charge in [-0.15, -0.1) is 0 Å². The molecule has 0 saturated carbocycles. The summed E-state index contributed by atoms with van der Waals surface area (Å²) in [6, 6.07) is 11.8. The third-order valence-electron chi connectivity index (χ3n) is 2.45. The highest BCUT2D eigenvalue weighted by Crippen LogP contribution is 2.21. The minimum Gasteiger partial charge on any atom is -0.363 e. The van der Waals surface area contributed by atoms with Crippen molar-refractivity contribution in [3.8, 4) is 0 Å². The van der Waals surface area contributed by atoms with Gasteiger partial charge in [0.05, 0.1) is 6.04 Å². The SMILES string of the molecule is CC(Nc1cccc(Cl)n1)c1ccccc1F. The van der Waals surface area contributed by atoms with Gasteiger partial charge in [0.1, 0.15) is 16.8 Å². The van der Waals surface area contributed by atoms with E-state index in [9.17, 15) is 4.39 Å². The number of hydrogen-bond donors (Lipinski definition) is 1.